The van der Waals surface area contributed by atoms with E-state index in [0.717, 1.165) is 12.3 Å². The van der Waals surface area contributed by atoms with Crippen LogP contribution in [0.2, 0.25) is 0 Å². The lowest BCUT2D eigenvalue weighted by Gasteiger charge is -2.02. The second kappa shape index (κ2) is 6.03. The molecule has 3 aromatic heterocycles. The van der Waals surface area contributed by atoms with Crippen LogP contribution in [-0.2, 0) is 0 Å². The molecule has 4 rings (SSSR count). The molecule has 26 heavy (non-hydrogen) atoms. The molecule has 7 nitrogen and oxygen atoms in total. The Kier molecular flexibility index (Phi) is 3.68. The van der Waals surface area contributed by atoms with Crippen LogP contribution in [0, 0.1) is 18.6 Å². The maximum absolute atomic E-state index is 14.0. The molecule has 0 spiro atoms. The Bertz CT molecular complexity index is 1140. The van der Waals surface area contributed by atoms with Crippen LogP contribution in [0.3, 0.4) is 0 Å². The van der Waals surface area contributed by atoms with Crippen molar-refractivity contribution in [2.75, 3.05) is 5.32 Å². The first kappa shape index (κ1) is 15.9. The van der Waals surface area contributed by atoms with Gasteiger partial charge in [-0.05, 0) is 6.92 Å². The Morgan fingerprint density at radius 3 is 2.92 bits per heavy atom. The van der Waals surface area contributed by atoms with Gasteiger partial charge in [0, 0.05) is 36.7 Å². The number of carbonyl (C=O) groups excluding carboxylic acids is 1. The molecule has 4 aromatic rings. The van der Waals surface area contributed by atoms with Crippen LogP contribution in [0.15, 0.2) is 47.3 Å². The van der Waals surface area contributed by atoms with Gasteiger partial charge in [-0.15, -0.1) is 5.10 Å². The average Bonchev–Trinajstić information content (AvgIpc) is 3.21. The quantitative estimate of drug-likeness (QED) is 0.610. The first-order valence-corrected chi connectivity index (χ1v) is 7.54. The number of benzene rings is 1. The van der Waals surface area contributed by atoms with Gasteiger partial charge in [-0.3, -0.25) is 4.79 Å². The minimum atomic E-state index is -0.874. The molecule has 3 heterocycles. The Balaban J connectivity index is 1.62. The summed E-state index contributed by atoms with van der Waals surface area (Å²) in [6, 6.07) is 4.94. The number of anilines is 1. The lowest BCUT2D eigenvalue weighted by atomic mass is 10.1. The van der Waals surface area contributed by atoms with Gasteiger partial charge >= 0.3 is 0 Å². The molecule has 1 amide bonds. The van der Waals surface area contributed by atoms with Crippen molar-refractivity contribution in [3.63, 3.8) is 0 Å². The van der Waals surface area contributed by atoms with E-state index < -0.39 is 17.5 Å². The Hall–Kier alpha value is -3.62. The fraction of sp³-hybridized carbons (Fsp3) is 0.0588. The summed E-state index contributed by atoms with van der Waals surface area (Å²) >= 11 is 0. The average molecular weight is 355 g/mol. The number of nitrogens with zero attached hydrogens (tertiary/aromatic N) is 4. The van der Waals surface area contributed by atoms with E-state index >= 15 is 0 Å². The highest BCUT2D eigenvalue weighted by Crippen LogP contribution is 2.26. The normalized spacial score (nSPS) is 11.0. The number of rotatable bonds is 3. The zero-order chi connectivity index (χ0) is 18.3. The first-order valence-electron chi connectivity index (χ1n) is 7.54. The van der Waals surface area contributed by atoms with E-state index in [1.165, 1.54) is 4.68 Å². The maximum atomic E-state index is 14.0. The van der Waals surface area contributed by atoms with Crippen molar-refractivity contribution < 1.29 is 18.0 Å². The third-order valence-electron chi connectivity index (χ3n) is 3.66. The van der Waals surface area contributed by atoms with Crippen molar-refractivity contribution in [2.45, 2.75) is 6.92 Å². The van der Waals surface area contributed by atoms with Gasteiger partial charge in [-0.1, -0.05) is 0 Å². The third-order valence-corrected chi connectivity index (χ3v) is 3.66. The van der Waals surface area contributed by atoms with Crippen LogP contribution < -0.4 is 5.32 Å². The molecule has 0 aliphatic carbocycles. The van der Waals surface area contributed by atoms with Crippen molar-refractivity contribution in [3.05, 3.63) is 65.9 Å². The Morgan fingerprint density at radius 2 is 2.12 bits per heavy atom. The highest BCUT2D eigenvalue weighted by molar-refractivity contribution is 6.12. The number of nitrogens with one attached hydrogen (secondary N) is 1. The van der Waals surface area contributed by atoms with Crippen LogP contribution >= 0.6 is 0 Å². The predicted molar refractivity (Wildman–Crippen MR) is 88.0 cm³/mol. The van der Waals surface area contributed by atoms with Crippen LogP contribution in [0.25, 0.3) is 16.8 Å². The molecule has 1 aromatic carbocycles. The van der Waals surface area contributed by atoms with Gasteiger partial charge in [0.25, 0.3) is 5.91 Å². The van der Waals surface area contributed by atoms with Crippen LogP contribution in [-0.4, -0.2) is 25.7 Å². The third kappa shape index (κ3) is 2.79. The summed E-state index contributed by atoms with van der Waals surface area (Å²) in [6.45, 7) is 1.75. The molecular weight excluding hydrogens is 344 g/mol. The SMILES string of the molecule is Cc1nccc(-n2ccc(NC(=O)c3coc4cc(F)cc(F)c34)n2)n1. The van der Waals surface area contributed by atoms with Crippen molar-refractivity contribution in [1.29, 1.82) is 0 Å². The van der Waals surface area contributed by atoms with Gasteiger partial charge in [0.2, 0.25) is 0 Å². The van der Waals surface area contributed by atoms with Gasteiger partial charge < -0.3 is 9.73 Å². The van der Waals surface area contributed by atoms with Crippen LogP contribution in [0.4, 0.5) is 14.6 Å². The molecule has 0 fully saturated rings. The topological polar surface area (TPSA) is 85.8 Å². The fourth-order valence-electron chi connectivity index (χ4n) is 2.53. The highest BCUT2D eigenvalue weighted by atomic mass is 19.1. The van der Waals surface area contributed by atoms with E-state index in [9.17, 15) is 13.6 Å². The van der Waals surface area contributed by atoms with E-state index in [-0.39, 0.29) is 22.4 Å². The number of halogens is 2. The monoisotopic (exact) mass is 355 g/mol. The number of fused-ring (bicyclic) bond motifs is 1. The summed E-state index contributed by atoms with van der Waals surface area (Å²) in [5.41, 5.74) is -0.0976. The summed E-state index contributed by atoms with van der Waals surface area (Å²) in [5, 5.41) is 6.66. The van der Waals surface area contributed by atoms with Crippen molar-refractivity contribution in [3.8, 4) is 5.82 Å². The van der Waals surface area contributed by atoms with E-state index in [4.69, 9.17) is 4.42 Å². The van der Waals surface area contributed by atoms with Gasteiger partial charge in [-0.25, -0.2) is 23.4 Å². The molecule has 1 N–H and O–H groups in total. The molecule has 0 saturated carbocycles. The number of hydrogen-bond donors (Lipinski definition) is 1. The molecule has 0 aliphatic rings. The molecule has 9 heteroatoms. The summed E-state index contributed by atoms with van der Waals surface area (Å²) in [5.74, 6) is -0.929. The van der Waals surface area contributed by atoms with Crippen LogP contribution in [0.1, 0.15) is 16.2 Å². The van der Waals surface area contributed by atoms with E-state index in [1.807, 2.05) is 0 Å². The van der Waals surface area contributed by atoms with Crippen LogP contribution in [0.5, 0.6) is 0 Å². The van der Waals surface area contributed by atoms with Crippen molar-refractivity contribution in [1.82, 2.24) is 19.7 Å². The highest BCUT2D eigenvalue weighted by Gasteiger charge is 2.19. The number of carbonyl (C=O) groups is 1. The summed E-state index contributed by atoms with van der Waals surface area (Å²) in [4.78, 5) is 20.6. The summed E-state index contributed by atoms with van der Waals surface area (Å²) in [7, 11) is 0. The molecule has 130 valence electrons. The lowest BCUT2D eigenvalue weighted by Crippen LogP contribution is -2.12. The lowest BCUT2D eigenvalue weighted by molar-refractivity contribution is 0.102. The number of amides is 1. The number of hydrogen-bond acceptors (Lipinski definition) is 5. The Labute approximate surface area is 145 Å². The van der Waals surface area contributed by atoms with Crippen molar-refractivity contribution >= 4 is 22.7 Å². The number of furan rings is 1. The van der Waals surface area contributed by atoms with Gasteiger partial charge in [0.05, 0.1) is 10.9 Å². The molecule has 0 unspecified atom stereocenters. The minimum Gasteiger partial charge on any atom is -0.463 e. The summed E-state index contributed by atoms with van der Waals surface area (Å²) in [6.07, 6.45) is 4.28. The van der Waals surface area contributed by atoms with Gasteiger partial charge in [0.1, 0.15) is 29.3 Å². The minimum absolute atomic E-state index is 0.0466. The molecule has 0 atom stereocenters. The number of aromatic nitrogens is 4. The van der Waals surface area contributed by atoms with E-state index in [0.29, 0.717) is 17.7 Å². The zero-order valence-electron chi connectivity index (χ0n) is 13.4. The maximum Gasteiger partial charge on any atom is 0.260 e. The number of aryl methyl sites for hydroxylation is 1. The predicted octanol–water partition coefficient (Wildman–Crippen LogP) is 3.25. The molecule has 0 saturated heterocycles. The van der Waals surface area contributed by atoms with Crippen molar-refractivity contribution in [2.24, 2.45) is 0 Å². The Morgan fingerprint density at radius 1 is 1.27 bits per heavy atom. The molecule has 0 bridgehead atoms. The zero-order valence-corrected chi connectivity index (χ0v) is 13.4. The molecule has 0 radical (unpaired) electrons. The first-order chi connectivity index (χ1) is 12.5. The largest absolute Gasteiger partial charge is 0.463 e. The second-order valence-electron chi connectivity index (χ2n) is 5.47. The molecular formula is C17H11F2N5O2. The van der Waals surface area contributed by atoms with E-state index in [2.05, 4.69) is 20.4 Å². The second-order valence-corrected chi connectivity index (χ2v) is 5.47. The fourth-order valence-corrected chi connectivity index (χ4v) is 2.53. The standard InChI is InChI=1S/C17H11F2N5O2/c1-9-20-4-2-15(21-9)24-5-3-14(23-24)22-17(25)11-8-26-13-7-10(18)6-12(19)16(11)13/h2-8H,1H3,(H,22,23,25). The van der Waals surface area contributed by atoms with E-state index in [1.54, 1.807) is 31.5 Å². The van der Waals surface area contributed by atoms with Gasteiger partial charge in [-0.2, -0.15) is 0 Å². The smallest absolute Gasteiger partial charge is 0.260 e. The van der Waals surface area contributed by atoms with Gasteiger partial charge in [0.15, 0.2) is 11.6 Å². The summed E-state index contributed by atoms with van der Waals surface area (Å²) < 4.78 is 33.8. The molecule has 0 aliphatic heterocycles.